The topological polar surface area (TPSA) is 9.23 Å². The predicted octanol–water partition coefficient (Wildman–Crippen LogP) is 5.70. The molecule has 0 aromatic heterocycles. The Labute approximate surface area is 135 Å². The lowest BCUT2D eigenvalue weighted by Gasteiger charge is -2.16. The van der Waals surface area contributed by atoms with Crippen molar-refractivity contribution in [2.45, 2.75) is 18.7 Å². The van der Waals surface area contributed by atoms with Crippen molar-refractivity contribution in [1.82, 2.24) is 0 Å². The smallest absolute Gasteiger partial charge is 0.141 e. The van der Waals surface area contributed by atoms with Crippen molar-refractivity contribution in [3.63, 3.8) is 0 Å². The summed E-state index contributed by atoms with van der Waals surface area (Å²) in [5, 5.41) is 0. The molecule has 0 bridgehead atoms. The molecule has 0 aliphatic carbocycles. The van der Waals surface area contributed by atoms with Gasteiger partial charge in [0.2, 0.25) is 0 Å². The first-order chi connectivity index (χ1) is 9.43. The maximum atomic E-state index is 13.6. The first kappa shape index (κ1) is 15.5. The summed E-state index contributed by atoms with van der Waals surface area (Å²) in [4.78, 5) is -0.0475. The molecule has 1 nitrogen and oxygen atoms in total. The van der Waals surface area contributed by atoms with Crippen LogP contribution in [0.2, 0.25) is 0 Å². The van der Waals surface area contributed by atoms with Crippen LogP contribution in [-0.4, -0.2) is 7.11 Å². The third kappa shape index (κ3) is 3.07. The summed E-state index contributed by atoms with van der Waals surface area (Å²) >= 11 is 6.90. The van der Waals surface area contributed by atoms with Gasteiger partial charge in [0.05, 0.1) is 16.4 Å². The van der Waals surface area contributed by atoms with Crippen molar-refractivity contribution >= 4 is 31.9 Å². The fourth-order valence-corrected chi connectivity index (χ4v) is 3.02. The Kier molecular flexibility index (Phi) is 4.86. The normalized spacial score (nSPS) is 12.3. The number of methoxy groups -OCH3 is 1. The minimum Gasteiger partial charge on any atom is -0.496 e. The third-order valence-corrected chi connectivity index (χ3v) is 5.00. The van der Waals surface area contributed by atoms with Crippen molar-refractivity contribution in [1.29, 1.82) is 0 Å². The van der Waals surface area contributed by atoms with E-state index in [2.05, 4.69) is 63.9 Å². The molecule has 0 aliphatic heterocycles. The van der Waals surface area contributed by atoms with Crippen LogP contribution in [0.1, 0.15) is 27.1 Å². The van der Waals surface area contributed by atoms with Gasteiger partial charge in [0.25, 0.3) is 0 Å². The second-order valence-electron chi connectivity index (χ2n) is 4.71. The molecule has 20 heavy (non-hydrogen) atoms. The summed E-state index contributed by atoms with van der Waals surface area (Å²) in [5.74, 6) is 0.205. The highest BCUT2D eigenvalue weighted by Gasteiger charge is 2.18. The van der Waals surface area contributed by atoms with E-state index in [1.165, 1.54) is 17.2 Å². The summed E-state index contributed by atoms with van der Waals surface area (Å²) in [6.45, 7) is 4.16. The summed E-state index contributed by atoms with van der Waals surface area (Å²) in [7, 11) is 1.55. The first-order valence-corrected chi connectivity index (χ1v) is 7.89. The van der Waals surface area contributed by atoms with Gasteiger partial charge in [-0.3, -0.25) is 0 Å². The van der Waals surface area contributed by atoms with Crippen LogP contribution < -0.4 is 4.74 Å². The van der Waals surface area contributed by atoms with Gasteiger partial charge in [0.15, 0.2) is 0 Å². The van der Waals surface area contributed by atoms with Crippen LogP contribution in [0.4, 0.5) is 4.39 Å². The molecule has 0 N–H and O–H groups in total. The van der Waals surface area contributed by atoms with Crippen LogP contribution in [0, 0.1) is 19.7 Å². The van der Waals surface area contributed by atoms with Gasteiger partial charge >= 0.3 is 0 Å². The van der Waals surface area contributed by atoms with E-state index in [0.29, 0.717) is 10.2 Å². The predicted molar refractivity (Wildman–Crippen MR) is 87.3 cm³/mol. The highest BCUT2D eigenvalue weighted by Crippen LogP contribution is 2.39. The molecular weight excluding hydrogens is 387 g/mol. The molecule has 0 amide bonds. The monoisotopic (exact) mass is 400 g/mol. The largest absolute Gasteiger partial charge is 0.496 e. The molecule has 2 aromatic rings. The number of ether oxygens (including phenoxy) is 1. The molecule has 1 unspecified atom stereocenters. The van der Waals surface area contributed by atoms with E-state index in [1.807, 2.05) is 0 Å². The van der Waals surface area contributed by atoms with Crippen LogP contribution in [0.15, 0.2) is 34.8 Å². The van der Waals surface area contributed by atoms with E-state index in [4.69, 9.17) is 4.74 Å². The second-order valence-corrected chi connectivity index (χ2v) is 6.48. The average molecular weight is 402 g/mol. The van der Waals surface area contributed by atoms with Gasteiger partial charge in [-0.05, 0) is 52.5 Å². The number of hydrogen-bond acceptors (Lipinski definition) is 1. The fourth-order valence-electron chi connectivity index (χ4n) is 2.02. The highest BCUT2D eigenvalue weighted by molar-refractivity contribution is 9.10. The minimum absolute atomic E-state index is 0.0475. The number of halogens is 3. The van der Waals surface area contributed by atoms with Gasteiger partial charge < -0.3 is 4.74 Å². The Morgan fingerprint density at radius 1 is 1.10 bits per heavy atom. The number of hydrogen-bond donors (Lipinski definition) is 0. The Balaban J connectivity index is 2.49. The molecule has 0 saturated heterocycles. The second kappa shape index (κ2) is 6.27. The van der Waals surface area contributed by atoms with Crippen LogP contribution >= 0.6 is 31.9 Å². The van der Waals surface area contributed by atoms with Gasteiger partial charge in [-0.2, -0.15) is 0 Å². The number of rotatable bonds is 3. The fraction of sp³-hybridized carbons (Fsp3) is 0.250. The molecule has 0 fully saturated rings. The number of aryl methyl sites for hydroxylation is 2. The van der Waals surface area contributed by atoms with E-state index in [1.54, 1.807) is 13.2 Å². The zero-order valence-electron chi connectivity index (χ0n) is 11.5. The van der Waals surface area contributed by atoms with Gasteiger partial charge in [-0.15, -0.1) is 0 Å². The van der Waals surface area contributed by atoms with Crippen molar-refractivity contribution in [3.05, 3.63) is 62.9 Å². The Morgan fingerprint density at radius 2 is 1.80 bits per heavy atom. The summed E-state index contributed by atoms with van der Waals surface area (Å²) in [6, 6.07) is 9.44. The molecule has 0 radical (unpaired) electrons. The van der Waals surface area contributed by atoms with E-state index >= 15 is 0 Å². The lowest BCUT2D eigenvalue weighted by molar-refractivity contribution is 0.406. The van der Waals surface area contributed by atoms with E-state index < -0.39 is 0 Å². The van der Waals surface area contributed by atoms with Gasteiger partial charge in [0.1, 0.15) is 11.6 Å². The number of benzene rings is 2. The average Bonchev–Trinajstić information content (AvgIpc) is 2.43. The van der Waals surface area contributed by atoms with Crippen molar-refractivity contribution in [2.24, 2.45) is 0 Å². The van der Waals surface area contributed by atoms with Gasteiger partial charge in [0, 0.05) is 11.6 Å². The molecule has 106 valence electrons. The van der Waals surface area contributed by atoms with Crippen molar-refractivity contribution in [2.75, 3.05) is 7.11 Å². The molecule has 2 aromatic carbocycles. The third-order valence-electron chi connectivity index (χ3n) is 3.37. The van der Waals surface area contributed by atoms with Crippen LogP contribution in [0.5, 0.6) is 5.75 Å². The molecule has 1 atom stereocenters. The molecule has 4 heteroatoms. The number of alkyl halides is 1. The standard InChI is InChI=1S/C16H15Br2FO/c1-9-4-5-11(6-10(9)2)16(18)12-7-13(17)14(19)8-15(12)20-3/h4-8,16H,1-3H3. The van der Waals surface area contributed by atoms with E-state index in [9.17, 15) is 4.39 Å². The molecule has 0 heterocycles. The molecule has 0 spiro atoms. The quantitative estimate of drug-likeness (QED) is 0.599. The molecule has 0 aliphatic rings. The Bertz CT molecular complexity index is 641. The summed E-state index contributed by atoms with van der Waals surface area (Å²) in [6.07, 6.45) is 0. The van der Waals surface area contributed by atoms with Crippen LogP contribution in [0.3, 0.4) is 0 Å². The van der Waals surface area contributed by atoms with Crippen LogP contribution in [-0.2, 0) is 0 Å². The molecular formula is C16H15Br2FO. The summed E-state index contributed by atoms with van der Waals surface area (Å²) < 4.78 is 19.3. The van der Waals surface area contributed by atoms with Gasteiger partial charge in [-0.1, -0.05) is 34.1 Å². The lowest BCUT2D eigenvalue weighted by atomic mass is 10.00. The lowest BCUT2D eigenvalue weighted by Crippen LogP contribution is -1.99. The highest BCUT2D eigenvalue weighted by atomic mass is 79.9. The SMILES string of the molecule is COc1cc(F)c(Br)cc1C(Br)c1ccc(C)c(C)c1. The van der Waals surface area contributed by atoms with Crippen molar-refractivity contribution < 1.29 is 9.13 Å². The van der Waals surface area contributed by atoms with E-state index in [-0.39, 0.29) is 10.6 Å². The van der Waals surface area contributed by atoms with Crippen molar-refractivity contribution in [3.8, 4) is 5.75 Å². The first-order valence-electron chi connectivity index (χ1n) is 6.18. The minimum atomic E-state index is -0.328. The zero-order chi connectivity index (χ0) is 14.9. The Hall–Kier alpha value is -0.870. The summed E-state index contributed by atoms with van der Waals surface area (Å²) in [5.41, 5.74) is 4.49. The van der Waals surface area contributed by atoms with Gasteiger partial charge in [-0.25, -0.2) is 4.39 Å². The maximum absolute atomic E-state index is 13.6. The maximum Gasteiger partial charge on any atom is 0.141 e. The van der Waals surface area contributed by atoms with Crippen LogP contribution in [0.25, 0.3) is 0 Å². The molecule has 0 saturated carbocycles. The zero-order valence-corrected chi connectivity index (χ0v) is 14.7. The Morgan fingerprint density at radius 3 is 2.40 bits per heavy atom. The van der Waals surface area contributed by atoms with E-state index in [0.717, 1.165) is 11.1 Å². The molecule has 2 rings (SSSR count).